The molecule has 3 amide bonds. The maximum atomic E-state index is 14.0. The molecule has 6 heterocycles. The second-order valence-corrected chi connectivity index (χ2v) is 21.8. The highest BCUT2D eigenvalue weighted by atomic mass is 16.8. The molecule has 32 atom stereocenters. The molecule has 0 aliphatic carbocycles. The van der Waals surface area contributed by atoms with Gasteiger partial charge in [-0.05, 0) is 0 Å². The summed E-state index contributed by atoms with van der Waals surface area (Å²) in [5.41, 5.74) is 0. The van der Waals surface area contributed by atoms with Crippen LogP contribution in [0.1, 0.15) is 33.6 Å². The molecule has 40 nitrogen and oxygen atoms in total. The van der Waals surface area contributed by atoms with Gasteiger partial charge in [0.15, 0.2) is 25.2 Å². The SMILES string of the molecule is CC(=O)N[C@H]1[C@H](O[C@@H]2[C@H](O[C@]3(C(=O)O)C[C@H](O)[C@@H](NC(C)=O)[C@H]([C@H](O)[C@@H](CO)O[C@]4(C(=O)O)C[C@H](O)[C@@H](NC(C)=O)[C@H]([C@H](O)[C@H](O)CO)O4)O3)[C@@H](O)[C@H](O[C@H]3[C@H](O)[C@@H](O)[C@H](O)O[C@@H]3CO)O[C@@H]2CO)O[C@H](CO)[C@@H](O)[C@@H]1O[C@@H]1O[C@H](CO)[C@H](O)[C@H](O)[C@H]1O. The molecule has 6 rings (SSSR count). The quantitative estimate of drug-likeness (QED) is 0.0404. The largest absolute Gasteiger partial charge is 0.477 e. The van der Waals surface area contributed by atoms with Crippen molar-refractivity contribution in [3.8, 4) is 0 Å². The summed E-state index contributed by atoms with van der Waals surface area (Å²) in [6, 6.07) is -5.84. The second kappa shape index (κ2) is 30.7. The first-order valence-corrected chi connectivity index (χ1v) is 27.4. The molecule has 0 spiro atoms. The van der Waals surface area contributed by atoms with Gasteiger partial charge < -0.3 is 175 Å². The summed E-state index contributed by atoms with van der Waals surface area (Å²) in [4.78, 5) is 65.1. The highest BCUT2D eigenvalue weighted by Gasteiger charge is 2.64. The van der Waals surface area contributed by atoms with Crippen molar-refractivity contribution in [1.82, 2.24) is 16.0 Å². The maximum Gasteiger partial charge on any atom is 0.364 e. The van der Waals surface area contributed by atoms with Crippen molar-refractivity contribution in [2.45, 2.75) is 229 Å². The Morgan fingerprint density at radius 1 is 0.466 bits per heavy atom. The van der Waals surface area contributed by atoms with Crippen molar-refractivity contribution in [3.63, 3.8) is 0 Å². The van der Waals surface area contributed by atoms with Crippen LogP contribution in [0.15, 0.2) is 0 Å². The molecular formula is C48H79N3O37. The fourth-order valence-electron chi connectivity index (χ4n) is 11.1. The molecule has 0 aromatic carbocycles. The monoisotopic (exact) mass is 1290 g/mol. The lowest BCUT2D eigenvalue weighted by atomic mass is 9.87. The highest BCUT2D eigenvalue weighted by molar-refractivity contribution is 5.77. The van der Waals surface area contributed by atoms with Crippen LogP contribution < -0.4 is 16.0 Å². The molecule has 0 aromatic rings. The number of aliphatic hydroxyl groups is 19. The molecule has 6 aliphatic rings. The van der Waals surface area contributed by atoms with Crippen LogP contribution in [0.4, 0.5) is 0 Å². The van der Waals surface area contributed by atoms with Gasteiger partial charge in [-0.1, -0.05) is 0 Å². The number of amides is 3. The van der Waals surface area contributed by atoms with Crippen LogP contribution in [0.3, 0.4) is 0 Å². The molecule has 6 fully saturated rings. The highest BCUT2D eigenvalue weighted by Crippen LogP contribution is 2.42. The third-order valence-corrected chi connectivity index (χ3v) is 15.6. The van der Waals surface area contributed by atoms with Crippen LogP contribution in [-0.4, -0.2) is 372 Å². The van der Waals surface area contributed by atoms with E-state index >= 15 is 0 Å². The second-order valence-electron chi connectivity index (χ2n) is 21.8. The molecule has 0 saturated carbocycles. The van der Waals surface area contributed by atoms with Gasteiger partial charge in [0.2, 0.25) is 17.7 Å². The van der Waals surface area contributed by atoms with E-state index in [-0.39, 0.29) is 0 Å². The molecule has 0 radical (unpaired) electrons. The predicted molar refractivity (Wildman–Crippen MR) is 268 cm³/mol. The molecule has 24 N–H and O–H groups in total. The first-order valence-electron chi connectivity index (χ1n) is 27.4. The Morgan fingerprint density at radius 3 is 1.42 bits per heavy atom. The van der Waals surface area contributed by atoms with Crippen LogP contribution in [0, 0.1) is 0 Å². The predicted octanol–water partition coefficient (Wildman–Crippen LogP) is -15.3. The molecule has 508 valence electrons. The summed E-state index contributed by atoms with van der Waals surface area (Å²) >= 11 is 0. The van der Waals surface area contributed by atoms with E-state index in [1.54, 1.807) is 0 Å². The molecule has 0 aromatic heterocycles. The lowest BCUT2D eigenvalue weighted by Gasteiger charge is -2.53. The summed E-state index contributed by atoms with van der Waals surface area (Å²) in [6.45, 7) is -4.69. The number of carbonyl (C=O) groups excluding carboxylic acids is 3. The van der Waals surface area contributed by atoms with E-state index in [0.29, 0.717) is 0 Å². The van der Waals surface area contributed by atoms with Gasteiger partial charge >= 0.3 is 11.9 Å². The third kappa shape index (κ3) is 15.6. The van der Waals surface area contributed by atoms with E-state index in [1.807, 2.05) is 0 Å². The first-order chi connectivity index (χ1) is 41.3. The Hall–Kier alpha value is -3.85. The molecule has 88 heavy (non-hydrogen) atoms. The van der Waals surface area contributed by atoms with Crippen molar-refractivity contribution >= 4 is 29.7 Å². The summed E-state index contributed by atoms with van der Waals surface area (Å²) < 4.78 is 63.5. The Bertz CT molecular complexity index is 2320. The van der Waals surface area contributed by atoms with Crippen molar-refractivity contribution in [3.05, 3.63) is 0 Å². The van der Waals surface area contributed by atoms with E-state index in [2.05, 4.69) is 16.0 Å². The van der Waals surface area contributed by atoms with Crippen molar-refractivity contribution in [2.24, 2.45) is 0 Å². The van der Waals surface area contributed by atoms with Gasteiger partial charge in [0, 0.05) is 33.6 Å². The Morgan fingerprint density at radius 2 is 0.909 bits per heavy atom. The number of ether oxygens (including phenoxy) is 11. The van der Waals surface area contributed by atoms with E-state index in [1.165, 1.54) is 0 Å². The standard InChI is InChI=1S/C48H79N3O37/c1-12(58)49-23-15(61)4-47(45(74)75,86-38(23)26(64)17(63)6-52)85-20(9-55)29(67)39-24(50-13(2)59)16(62)5-48(87-39,46(76)77)88-40-34(72)44(82-35-21(10-56)78-41(73)32(70)31(35)69)81-22(11-57)36(40)83-42-25(51-14(3)60)37(28(66)19(8-54)79-42)84-43-33(71)30(68)27(65)18(7-53)80-43/h15-44,52-57,61-73H,4-11H2,1-3H3,(H,49,58)(H,50,59)(H,51,60)(H,74,75)(H,76,77)/t15-,16-,17+,18+,19+,20+,21+,22+,23+,24+,25+,26+,27-,28+,29+,30-,31+,32+,33+,34+,35+,36-,37+,38+,39+,40+,41+,42-,43-,44-,47+,48-/m0/s1. The van der Waals surface area contributed by atoms with Gasteiger partial charge in [0.1, 0.15) is 134 Å². The van der Waals surface area contributed by atoms with Gasteiger partial charge in [-0.2, -0.15) is 0 Å². The Kier molecular flexibility index (Phi) is 25.6. The third-order valence-electron chi connectivity index (χ3n) is 15.6. The number of carbonyl (C=O) groups is 5. The van der Waals surface area contributed by atoms with Crippen LogP contribution in [0.5, 0.6) is 0 Å². The number of carboxylic acid groups (broad SMARTS) is 2. The molecule has 40 heteroatoms. The fourth-order valence-corrected chi connectivity index (χ4v) is 11.1. The normalized spacial score (nSPS) is 44.6. The smallest absolute Gasteiger partial charge is 0.364 e. The van der Waals surface area contributed by atoms with Crippen LogP contribution in [0.2, 0.25) is 0 Å². The van der Waals surface area contributed by atoms with Gasteiger partial charge in [-0.25, -0.2) is 9.59 Å². The zero-order valence-corrected chi connectivity index (χ0v) is 46.9. The molecular weight excluding hydrogens is 1210 g/mol. The minimum absolute atomic E-state index is 0.854. The van der Waals surface area contributed by atoms with Crippen molar-refractivity contribution in [1.29, 1.82) is 0 Å². The van der Waals surface area contributed by atoms with Crippen molar-refractivity contribution in [2.75, 3.05) is 39.6 Å². The number of rotatable bonds is 25. The minimum atomic E-state index is -3.64. The van der Waals surface area contributed by atoms with E-state index < -0.39 is 277 Å². The van der Waals surface area contributed by atoms with Crippen LogP contribution in [0.25, 0.3) is 0 Å². The van der Waals surface area contributed by atoms with E-state index in [9.17, 15) is 131 Å². The number of nitrogens with one attached hydrogen (secondary N) is 3. The Labute approximate surface area is 496 Å². The minimum Gasteiger partial charge on any atom is -0.477 e. The number of aliphatic hydroxyl groups excluding tert-OH is 19. The summed E-state index contributed by atoms with van der Waals surface area (Å²) in [6.07, 6.45) is -62.7. The maximum absolute atomic E-state index is 14.0. The van der Waals surface area contributed by atoms with Crippen LogP contribution >= 0.6 is 0 Å². The summed E-state index contributed by atoms with van der Waals surface area (Å²) in [7, 11) is 0. The molecule has 0 bridgehead atoms. The summed E-state index contributed by atoms with van der Waals surface area (Å²) in [5.74, 6) is -14.5. The Balaban J connectivity index is 1.46. The van der Waals surface area contributed by atoms with Gasteiger partial charge in [0.05, 0.1) is 63.9 Å². The number of aliphatic carboxylic acids is 2. The average molecular weight is 1290 g/mol. The van der Waals surface area contributed by atoms with Crippen LogP contribution in [-0.2, 0) is 76.1 Å². The number of hydrogen-bond donors (Lipinski definition) is 24. The lowest BCUT2D eigenvalue weighted by molar-refractivity contribution is -0.403. The average Bonchev–Trinajstić information content (AvgIpc) is 0.788. The summed E-state index contributed by atoms with van der Waals surface area (Å²) in [5, 5.41) is 235. The van der Waals surface area contributed by atoms with Crippen molar-refractivity contribution < 1.29 is 183 Å². The zero-order chi connectivity index (χ0) is 65.8. The van der Waals surface area contributed by atoms with Gasteiger partial charge in [0.25, 0.3) is 11.6 Å². The molecule has 0 unspecified atom stereocenters. The van der Waals surface area contributed by atoms with E-state index in [4.69, 9.17) is 52.1 Å². The number of carboxylic acids is 2. The zero-order valence-electron chi connectivity index (χ0n) is 46.9. The van der Waals surface area contributed by atoms with E-state index in [0.717, 1.165) is 20.8 Å². The topological polar surface area (TPSA) is 648 Å². The van der Waals surface area contributed by atoms with Gasteiger partial charge in [-0.15, -0.1) is 0 Å². The molecule has 6 aliphatic heterocycles. The fraction of sp³-hybridized carbons (Fsp3) is 0.896. The lowest BCUT2D eigenvalue weighted by Crippen LogP contribution is -2.73. The molecule has 6 saturated heterocycles. The number of hydrogen-bond acceptors (Lipinski definition) is 35. The first kappa shape index (κ1) is 73.2. The van der Waals surface area contributed by atoms with Gasteiger partial charge in [-0.3, -0.25) is 14.4 Å².